The van der Waals surface area contributed by atoms with Gasteiger partial charge in [-0.3, -0.25) is 14.3 Å². The van der Waals surface area contributed by atoms with Gasteiger partial charge in [-0.15, -0.1) is 0 Å². The molecule has 2 aliphatic heterocycles. The molecular formula is C25H25ClF2N6O3. The Balaban J connectivity index is 1.71. The molecule has 0 bridgehead atoms. The Bertz CT molecular complexity index is 1280. The van der Waals surface area contributed by atoms with Gasteiger partial charge in [0.05, 0.1) is 11.3 Å². The summed E-state index contributed by atoms with van der Waals surface area (Å²) >= 11 is 6.15. The number of likely N-dealkylation sites (tertiary alicyclic amines) is 1. The number of aliphatic imine (C=N–C) groups is 1. The summed E-state index contributed by atoms with van der Waals surface area (Å²) in [6.07, 6.45) is 10.5. The van der Waals surface area contributed by atoms with E-state index in [9.17, 15) is 18.4 Å². The summed E-state index contributed by atoms with van der Waals surface area (Å²) in [6.45, 7) is 1.82. The molecule has 0 aliphatic carbocycles. The third kappa shape index (κ3) is 6.42. The molecule has 0 spiro atoms. The molecular weight excluding hydrogens is 506 g/mol. The molecule has 1 aromatic carbocycles. The second-order valence-electron chi connectivity index (χ2n) is 8.25. The number of nitrogens with one attached hydrogen (secondary N) is 2. The Kier molecular flexibility index (Phi) is 8.34. The van der Waals surface area contributed by atoms with Crippen LogP contribution in [0.4, 0.5) is 14.5 Å². The van der Waals surface area contributed by atoms with Crippen molar-refractivity contribution in [2.24, 2.45) is 4.99 Å². The fourth-order valence-corrected chi connectivity index (χ4v) is 4.19. The van der Waals surface area contributed by atoms with Crippen molar-refractivity contribution in [2.75, 3.05) is 18.4 Å². The van der Waals surface area contributed by atoms with E-state index in [1.54, 1.807) is 17.2 Å². The maximum absolute atomic E-state index is 13.2. The van der Waals surface area contributed by atoms with Crippen LogP contribution < -0.4 is 15.4 Å². The lowest BCUT2D eigenvalue weighted by molar-refractivity contribution is -0.132. The van der Waals surface area contributed by atoms with Gasteiger partial charge in [0.15, 0.2) is 0 Å². The highest BCUT2D eigenvalue weighted by Crippen LogP contribution is 2.37. The molecule has 12 heteroatoms. The second-order valence-corrected chi connectivity index (χ2v) is 8.69. The topological polar surface area (TPSA) is 101 Å². The molecule has 1 saturated heterocycles. The van der Waals surface area contributed by atoms with Crippen molar-refractivity contribution in [3.05, 3.63) is 65.7 Å². The summed E-state index contributed by atoms with van der Waals surface area (Å²) in [5.41, 5.74) is 0.523. The lowest BCUT2D eigenvalue weighted by atomic mass is 10.1. The molecule has 37 heavy (non-hydrogen) atoms. The monoisotopic (exact) mass is 530 g/mol. The summed E-state index contributed by atoms with van der Waals surface area (Å²) in [7, 11) is 0. The van der Waals surface area contributed by atoms with Gasteiger partial charge >= 0.3 is 6.61 Å². The molecule has 3 heterocycles. The summed E-state index contributed by atoms with van der Waals surface area (Å²) in [5, 5.41) is 10.3. The minimum Gasteiger partial charge on any atom is -0.434 e. The van der Waals surface area contributed by atoms with Crippen LogP contribution in [0.2, 0.25) is 5.02 Å². The van der Waals surface area contributed by atoms with E-state index in [-0.39, 0.29) is 51.6 Å². The van der Waals surface area contributed by atoms with Crippen molar-refractivity contribution >= 4 is 35.3 Å². The van der Waals surface area contributed by atoms with E-state index < -0.39 is 12.5 Å². The molecule has 0 radical (unpaired) electrons. The fourth-order valence-electron chi connectivity index (χ4n) is 4.02. The van der Waals surface area contributed by atoms with E-state index in [1.807, 2.05) is 0 Å². The molecule has 194 valence electrons. The Morgan fingerprint density at radius 1 is 1.27 bits per heavy atom. The standard InChI is InChI=1S/C25H25ClF2N6O3/c1-2-17(23-29-9-6-10-30-23)24(36)31-19-14-34(15-21(35)33-11-4-3-5-12-33)32-22(19)18-13-16(26)7-8-20(18)37-25(27)28/h2,6-10,13-14,25,29H,1,3-5,11-12,15H2,(H,31,36)/b23-17-. The van der Waals surface area contributed by atoms with E-state index in [0.717, 1.165) is 19.3 Å². The number of ether oxygens (including phenoxy) is 1. The molecule has 2 N–H and O–H groups in total. The molecule has 0 saturated carbocycles. The van der Waals surface area contributed by atoms with Gasteiger partial charge in [-0.1, -0.05) is 24.3 Å². The average molecular weight is 531 g/mol. The van der Waals surface area contributed by atoms with E-state index in [4.69, 9.17) is 11.6 Å². The Morgan fingerprint density at radius 2 is 2.05 bits per heavy atom. The summed E-state index contributed by atoms with van der Waals surface area (Å²) < 4.78 is 32.3. The van der Waals surface area contributed by atoms with Crippen molar-refractivity contribution in [3.63, 3.8) is 0 Å². The van der Waals surface area contributed by atoms with Crippen LogP contribution in [0.25, 0.3) is 11.3 Å². The highest BCUT2D eigenvalue weighted by atomic mass is 35.5. The zero-order chi connectivity index (χ0) is 26.4. The third-order valence-corrected chi connectivity index (χ3v) is 5.97. The van der Waals surface area contributed by atoms with E-state index in [2.05, 4.69) is 32.0 Å². The van der Waals surface area contributed by atoms with Gasteiger partial charge < -0.3 is 20.3 Å². The first kappa shape index (κ1) is 26.1. The fraction of sp³-hybridized carbons (Fsp3) is 0.280. The quantitative estimate of drug-likeness (QED) is 0.494. The molecule has 4 rings (SSSR count). The highest BCUT2D eigenvalue weighted by molar-refractivity contribution is 6.31. The van der Waals surface area contributed by atoms with Crippen LogP contribution >= 0.6 is 11.6 Å². The summed E-state index contributed by atoms with van der Waals surface area (Å²) in [5.74, 6) is -0.628. The molecule has 0 atom stereocenters. The van der Waals surface area contributed by atoms with Crippen molar-refractivity contribution < 1.29 is 23.1 Å². The molecule has 1 aromatic heterocycles. The van der Waals surface area contributed by atoms with Crippen molar-refractivity contribution in [1.29, 1.82) is 0 Å². The van der Waals surface area contributed by atoms with Crippen LogP contribution in [0.3, 0.4) is 0 Å². The number of allylic oxidation sites excluding steroid dienone is 1. The predicted molar refractivity (Wildman–Crippen MR) is 136 cm³/mol. The van der Waals surface area contributed by atoms with Crippen LogP contribution in [0.15, 0.2) is 65.7 Å². The van der Waals surface area contributed by atoms with E-state index in [0.29, 0.717) is 13.1 Å². The van der Waals surface area contributed by atoms with Crippen LogP contribution in [-0.2, 0) is 16.1 Å². The maximum atomic E-state index is 13.2. The SMILES string of the molecule is C=C/C(C(=O)Nc1cn(CC(=O)N2CCCCC2)nc1-c1cc(Cl)ccc1OC(F)F)=C1/N=CC=CN1. The number of carbonyl (C=O) groups is 2. The molecule has 2 aliphatic rings. The molecule has 0 unspecified atom stereocenters. The maximum Gasteiger partial charge on any atom is 0.387 e. The first-order chi connectivity index (χ1) is 17.9. The lowest BCUT2D eigenvalue weighted by Crippen LogP contribution is -2.37. The number of amides is 2. The molecule has 9 nitrogen and oxygen atoms in total. The zero-order valence-electron chi connectivity index (χ0n) is 19.8. The van der Waals surface area contributed by atoms with Gasteiger partial charge in [0.25, 0.3) is 5.91 Å². The van der Waals surface area contributed by atoms with Gasteiger partial charge in [-0.2, -0.15) is 13.9 Å². The van der Waals surface area contributed by atoms with Crippen LogP contribution in [0, 0.1) is 0 Å². The predicted octanol–water partition coefficient (Wildman–Crippen LogP) is 4.34. The lowest BCUT2D eigenvalue weighted by Gasteiger charge is -2.26. The molecule has 2 aromatic rings. The van der Waals surface area contributed by atoms with Crippen LogP contribution in [0.1, 0.15) is 19.3 Å². The highest BCUT2D eigenvalue weighted by Gasteiger charge is 2.24. The third-order valence-electron chi connectivity index (χ3n) is 5.74. The normalized spacial score (nSPS) is 16.4. The number of hydrogen-bond acceptors (Lipinski definition) is 6. The molecule has 2 amide bonds. The van der Waals surface area contributed by atoms with E-state index in [1.165, 1.54) is 41.4 Å². The first-order valence-electron chi connectivity index (χ1n) is 11.6. The summed E-state index contributed by atoms with van der Waals surface area (Å²) in [6, 6.07) is 4.09. The van der Waals surface area contributed by atoms with Gasteiger partial charge in [0.2, 0.25) is 5.91 Å². The zero-order valence-corrected chi connectivity index (χ0v) is 20.5. The number of hydrogen-bond donors (Lipinski definition) is 2. The van der Waals surface area contributed by atoms with Gasteiger partial charge in [-0.25, -0.2) is 4.99 Å². The second kappa shape index (κ2) is 11.8. The first-order valence-corrected chi connectivity index (χ1v) is 12.0. The summed E-state index contributed by atoms with van der Waals surface area (Å²) in [4.78, 5) is 31.9. The van der Waals surface area contributed by atoms with Gasteiger partial charge in [0, 0.05) is 42.3 Å². The van der Waals surface area contributed by atoms with Crippen LogP contribution in [-0.4, -0.2) is 52.4 Å². The number of anilines is 1. The van der Waals surface area contributed by atoms with Gasteiger partial charge in [0.1, 0.15) is 23.8 Å². The number of rotatable bonds is 8. The largest absolute Gasteiger partial charge is 0.434 e. The number of alkyl halides is 2. The minimum atomic E-state index is -3.10. The Hall–Kier alpha value is -3.99. The number of halogens is 3. The average Bonchev–Trinajstić information content (AvgIpc) is 3.28. The van der Waals surface area contributed by atoms with Crippen molar-refractivity contribution in [1.82, 2.24) is 20.0 Å². The van der Waals surface area contributed by atoms with Crippen molar-refractivity contribution in [2.45, 2.75) is 32.4 Å². The minimum absolute atomic E-state index is 0.0967. The number of piperidine rings is 1. The number of aromatic nitrogens is 2. The Labute approximate surface area is 217 Å². The number of carbonyl (C=O) groups excluding carboxylic acids is 2. The van der Waals surface area contributed by atoms with E-state index >= 15 is 0 Å². The molecule has 1 fully saturated rings. The van der Waals surface area contributed by atoms with Crippen molar-refractivity contribution in [3.8, 4) is 17.0 Å². The van der Waals surface area contributed by atoms with Crippen LogP contribution in [0.5, 0.6) is 5.75 Å². The number of benzene rings is 1. The smallest absolute Gasteiger partial charge is 0.387 e. The van der Waals surface area contributed by atoms with Gasteiger partial charge in [-0.05, 0) is 43.5 Å². The Morgan fingerprint density at radius 3 is 2.73 bits per heavy atom. The number of nitrogens with zero attached hydrogens (tertiary/aromatic N) is 4.